The van der Waals surface area contributed by atoms with Gasteiger partial charge in [0.15, 0.2) is 0 Å². The lowest BCUT2D eigenvalue weighted by Crippen LogP contribution is -2.49. The summed E-state index contributed by atoms with van der Waals surface area (Å²) in [6.07, 6.45) is 1.96. The minimum absolute atomic E-state index is 0.126. The van der Waals surface area contributed by atoms with Gasteiger partial charge in [-0.05, 0) is 45.2 Å². The van der Waals surface area contributed by atoms with Gasteiger partial charge in [-0.1, -0.05) is 17.6 Å². The Hall–Kier alpha value is -1.30. The molecule has 1 aromatic heterocycles. The number of fused-ring (bicyclic) bond motifs is 1. The average molecular weight is 288 g/mol. The molecule has 0 aliphatic heterocycles. The number of hydrogen-bond donors (Lipinski definition) is 2. The van der Waals surface area contributed by atoms with Crippen LogP contribution in [0.3, 0.4) is 0 Å². The normalized spacial score (nSPS) is 12.9. The maximum atomic E-state index is 10.1. The fourth-order valence-corrected chi connectivity index (χ4v) is 1.95. The summed E-state index contributed by atoms with van der Waals surface area (Å²) < 4.78 is 7.78. The van der Waals surface area contributed by atoms with Gasteiger partial charge in [-0.3, -0.25) is 0 Å². The summed E-state index contributed by atoms with van der Waals surface area (Å²) in [6, 6.07) is 8.03. The van der Waals surface area contributed by atoms with Crippen molar-refractivity contribution in [2.45, 2.75) is 45.4 Å². The lowest BCUT2D eigenvalue weighted by molar-refractivity contribution is -0.0893. The number of aromatic nitrogens is 1. The van der Waals surface area contributed by atoms with E-state index in [1.807, 2.05) is 48.9 Å². The van der Waals surface area contributed by atoms with E-state index in [2.05, 4.69) is 0 Å². The fraction of sp³-hybridized carbons (Fsp3) is 0.500. The average Bonchev–Trinajstić information content (AvgIpc) is 2.78. The Morgan fingerprint density at radius 3 is 2.52 bits per heavy atom. The van der Waals surface area contributed by atoms with Crippen molar-refractivity contribution in [1.82, 2.24) is 4.57 Å². The Labute approximate surface area is 126 Å². The summed E-state index contributed by atoms with van der Waals surface area (Å²) in [5, 5.41) is 20.2. The van der Waals surface area contributed by atoms with Gasteiger partial charge in [0.1, 0.15) is 0 Å². The van der Waals surface area contributed by atoms with E-state index in [1.165, 1.54) is 0 Å². The summed E-state index contributed by atoms with van der Waals surface area (Å²) >= 11 is 0. The summed E-state index contributed by atoms with van der Waals surface area (Å²) in [6.45, 7) is 7.91. The predicted molar refractivity (Wildman–Crippen MR) is 85.9 cm³/mol. The molecule has 113 valence electrons. The molecule has 1 aromatic carbocycles. The monoisotopic (exact) mass is 288 g/mol. The molecule has 21 heavy (non-hydrogen) atoms. The lowest BCUT2D eigenvalue weighted by Gasteiger charge is -2.37. The largest absolute Gasteiger partial charge is 0.427 e. The van der Waals surface area contributed by atoms with Crippen LogP contribution >= 0.6 is 0 Å². The second-order valence-corrected chi connectivity index (χ2v) is 6.36. The molecule has 5 heteroatoms. The van der Waals surface area contributed by atoms with E-state index in [-0.39, 0.29) is 6.61 Å². The summed E-state index contributed by atoms with van der Waals surface area (Å²) in [5.74, 6) is 0. The molecule has 0 aliphatic rings. The van der Waals surface area contributed by atoms with Gasteiger partial charge in [0.2, 0.25) is 0 Å². The van der Waals surface area contributed by atoms with E-state index in [0.29, 0.717) is 6.54 Å². The van der Waals surface area contributed by atoms with Crippen LogP contribution in [-0.4, -0.2) is 40.1 Å². The highest BCUT2D eigenvalue weighted by Gasteiger charge is 2.35. The summed E-state index contributed by atoms with van der Waals surface area (Å²) in [7, 11) is 1.68. The third kappa shape index (κ3) is 3.48. The number of aliphatic hydroxyl groups excluding tert-OH is 1. The Bertz CT molecular complexity index is 613. The number of hydrogen-bond acceptors (Lipinski definition) is 3. The molecule has 0 saturated carbocycles. The van der Waals surface area contributed by atoms with Crippen LogP contribution in [-0.2, 0) is 11.2 Å². The molecule has 0 unspecified atom stereocenters. The van der Waals surface area contributed by atoms with Crippen molar-refractivity contribution in [3.05, 3.63) is 30.5 Å². The van der Waals surface area contributed by atoms with E-state index >= 15 is 0 Å². The number of rotatable bonds is 6. The smallest absolute Gasteiger partial charge is 0.330 e. The molecule has 0 bridgehead atoms. The second-order valence-electron chi connectivity index (χ2n) is 6.36. The number of aliphatic hydroxyl groups is 2. The quantitative estimate of drug-likeness (QED) is 0.791. The van der Waals surface area contributed by atoms with Gasteiger partial charge in [-0.2, -0.15) is 0 Å². The van der Waals surface area contributed by atoms with E-state index in [9.17, 15) is 5.11 Å². The highest BCUT2D eigenvalue weighted by Crippen LogP contribution is 2.24. The van der Waals surface area contributed by atoms with Crippen molar-refractivity contribution in [2.24, 2.45) is 0 Å². The van der Waals surface area contributed by atoms with Crippen LogP contribution in [0.2, 0.25) is 0 Å². The van der Waals surface area contributed by atoms with Gasteiger partial charge >= 0.3 is 7.48 Å². The molecule has 1 radical (unpaired) electrons. The zero-order valence-electron chi connectivity index (χ0n) is 13.1. The molecule has 0 atom stereocenters. The van der Waals surface area contributed by atoms with Gasteiger partial charge in [0.25, 0.3) is 0 Å². The van der Waals surface area contributed by atoms with Crippen molar-refractivity contribution in [2.75, 3.05) is 6.61 Å². The maximum absolute atomic E-state index is 10.1. The van der Waals surface area contributed by atoms with Crippen LogP contribution in [0.15, 0.2) is 30.5 Å². The first-order valence-electron chi connectivity index (χ1n) is 7.18. The first-order valence-corrected chi connectivity index (χ1v) is 7.18. The molecule has 4 nitrogen and oxygen atoms in total. The second kappa shape index (κ2) is 5.83. The van der Waals surface area contributed by atoms with Crippen molar-refractivity contribution in [1.29, 1.82) is 0 Å². The van der Waals surface area contributed by atoms with Gasteiger partial charge < -0.3 is 19.4 Å². The van der Waals surface area contributed by atoms with Crippen molar-refractivity contribution in [3.63, 3.8) is 0 Å². The predicted octanol–water partition coefficient (Wildman–Crippen LogP) is 1.44. The number of nitrogens with zero attached hydrogens (tertiary/aromatic N) is 1. The molecule has 0 saturated heterocycles. The Morgan fingerprint density at radius 1 is 1.19 bits per heavy atom. The third-order valence-corrected chi connectivity index (χ3v) is 4.10. The highest BCUT2D eigenvalue weighted by molar-refractivity contribution is 6.47. The third-order valence-electron chi connectivity index (χ3n) is 4.10. The topological polar surface area (TPSA) is 54.6 Å². The van der Waals surface area contributed by atoms with Gasteiger partial charge in [-0.15, -0.1) is 0 Å². The van der Waals surface area contributed by atoms with Crippen LogP contribution in [0.5, 0.6) is 0 Å². The molecule has 2 rings (SSSR count). The Kier molecular flexibility index (Phi) is 4.47. The van der Waals surface area contributed by atoms with Crippen molar-refractivity contribution >= 4 is 23.8 Å². The molecule has 0 fully saturated rings. The van der Waals surface area contributed by atoms with Crippen LogP contribution < -0.4 is 5.46 Å². The Morgan fingerprint density at radius 2 is 1.90 bits per heavy atom. The first-order chi connectivity index (χ1) is 9.74. The molecular weight excluding hydrogens is 265 g/mol. The molecule has 0 amide bonds. The molecule has 0 aliphatic carbocycles. The molecule has 1 heterocycles. The minimum Gasteiger partial charge on any atom is -0.427 e. The zero-order chi connectivity index (χ0) is 15.7. The molecule has 2 aromatic rings. The van der Waals surface area contributed by atoms with Gasteiger partial charge in [-0.25, -0.2) is 0 Å². The van der Waals surface area contributed by atoms with Crippen LogP contribution in [0.1, 0.15) is 27.7 Å². The van der Waals surface area contributed by atoms with E-state index in [4.69, 9.17) is 9.76 Å². The molecular formula is C16H23BNO3. The fourth-order valence-electron chi connectivity index (χ4n) is 1.95. The van der Waals surface area contributed by atoms with Crippen LogP contribution in [0.4, 0.5) is 0 Å². The minimum atomic E-state index is -0.932. The highest BCUT2D eigenvalue weighted by atomic mass is 16.5. The standard InChI is InChI=1S/C16H23BNO3/c1-15(2,20)16(3,4)21-17-13-5-6-14-12(11-13)7-8-18(14)9-10-19/h5-8,11,19-20H,9-10H2,1-4H3. The summed E-state index contributed by atoms with van der Waals surface area (Å²) in [5.41, 5.74) is 0.424. The van der Waals surface area contributed by atoms with Gasteiger partial charge in [0.05, 0.1) is 17.8 Å². The summed E-state index contributed by atoms with van der Waals surface area (Å²) in [4.78, 5) is 0. The van der Waals surface area contributed by atoms with E-state index in [0.717, 1.165) is 16.4 Å². The first kappa shape index (κ1) is 16.1. The molecule has 2 N–H and O–H groups in total. The van der Waals surface area contributed by atoms with E-state index in [1.54, 1.807) is 21.3 Å². The lowest BCUT2D eigenvalue weighted by atomic mass is 9.82. The zero-order valence-corrected chi connectivity index (χ0v) is 13.1. The van der Waals surface area contributed by atoms with Crippen molar-refractivity contribution in [3.8, 4) is 0 Å². The maximum Gasteiger partial charge on any atom is 0.330 e. The van der Waals surface area contributed by atoms with Crippen molar-refractivity contribution < 1.29 is 14.9 Å². The molecule has 0 spiro atoms. The van der Waals surface area contributed by atoms with Gasteiger partial charge in [0, 0.05) is 18.3 Å². The Balaban J connectivity index is 2.14. The van der Waals surface area contributed by atoms with Crippen LogP contribution in [0, 0.1) is 0 Å². The van der Waals surface area contributed by atoms with E-state index < -0.39 is 11.2 Å². The number of benzene rings is 1. The SMILES string of the molecule is CC(C)(O)C(C)(C)O[B]c1ccc2c(ccn2CCO)c1. The van der Waals surface area contributed by atoms with Crippen LogP contribution in [0.25, 0.3) is 10.9 Å².